The smallest absolute Gasteiger partial charge is 0.120 e. The molecule has 0 bridgehead atoms. The molecule has 2 nitrogen and oxygen atoms in total. The molecule has 1 unspecified atom stereocenters. The molecule has 2 aromatic rings. The molecule has 2 rings (SSSR count). The quantitative estimate of drug-likeness (QED) is 0.826. The first-order valence-electron chi connectivity index (χ1n) is 6.11. The van der Waals surface area contributed by atoms with Crippen molar-refractivity contribution in [2.75, 3.05) is 0 Å². The van der Waals surface area contributed by atoms with Crippen LogP contribution < -0.4 is 5.32 Å². The lowest BCUT2D eigenvalue weighted by atomic mass is 10.1. The molecule has 2 heterocycles. The van der Waals surface area contributed by atoms with Crippen molar-refractivity contribution in [3.05, 3.63) is 46.0 Å². The van der Waals surface area contributed by atoms with E-state index in [-0.39, 0.29) is 0 Å². The molecule has 0 saturated heterocycles. The van der Waals surface area contributed by atoms with Crippen LogP contribution in [0.1, 0.15) is 42.0 Å². The van der Waals surface area contributed by atoms with Gasteiger partial charge in [0.25, 0.3) is 0 Å². The van der Waals surface area contributed by atoms with E-state index in [1.54, 1.807) is 6.26 Å². The molecule has 0 radical (unpaired) electrons. The number of furan rings is 1. The van der Waals surface area contributed by atoms with Crippen LogP contribution in [-0.2, 0) is 6.54 Å². The number of thiophene rings is 1. The van der Waals surface area contributed by atoms with Crippen LogP contribution >= 0.6 is 11.3 Å². The molecular weight excluding hydrogens is 230 g/mol. The highest BCUT2D eigenvalue weighted by molar-refractivity contribution is 7.10. The predicted molar refractivity (Wildman–Crippen MR) is 72.3 cm³/mol. The van der Waals surface area contributed by atoms with Gasteiger partial charge in [0, 0.05) is 10.9 Å². The summed E-state index contributed by atoms with van der Waals surface area (Å²) in [5, 5.41) is 5.72. The molecule has 3 heteroatoms. The van der Waals surface area contributed by atoms with Gasteiger partial charge < -0.3 is 9.73 Å². The first-order valence-corrected chi connectivity index (χ1v) is 6.99. The molecule has 0 amide bonds. The lowest BCUT2D eigenvalue weighted by molar-refractivity contribution is 0.435. The standard InChI is InChI=1S/C14H19NOS/c1-3-5-12(14-6-4-9-17-14)15-10-13-11(2)7-8-16-13/h4,6-9,12,15H,3,5,10H2,1-2H3. The van der Waals surface area contributed by atoms with Crippen molar-refractivity contribution in [1.82, 2.24) is 5.32 Å². The highest BCUT2D eigenvalue weighted by atomic mass is 32.1. The van der Waals surface area contributed by atoms with Gasteiger partial charge in [0.2, 0.25) is 0 Å². The van der Waals surface area contributed by atoms with Gasteiger partial charge in [-0.25, -0.2) is 0 Å². The van der Waals surface area contributed by atoms with Gasteiger partial charge in [-0.05, 0) is 36.4 Å². The molecular formula is C14H19NOS. The van der Waals surface area contributed by atoms with Crippen molar-refractivity contribution >= 4 is 11.3 Å². The van der Waals surface area contributed by atoms with Crippen molar-refractivity contribution in [1.29, 1.82) is 0 Å². The Bertz CT molecular complexity index is 433. The Balaban J connectivity index is 1.97. The summed E-state index contributed by atoms with van der Waals surface area (Å²) >= 11 is 1.82. The number of hydrogen-bond donors (Lipinski definition) is 1. The zero-order chi connectivity index (χ0) is 12.1. The maximum atomic E-state index is 5.45. The third-order valence-electron chi connectivity index (χ3n) is 2.94. The Morgan fingerprint density at radius 1 is 1.41 bits per heavy atom. The second kappa shape index (κ2) is 6.03. The van der Waals surface area contributed by atoms with Gasteiger partial charge in [0.05, 0.1) is 12.8 Å². The maximum Gasteiger partial charge on any atom is 0.120 e. The van der Waals surface area contributed by atoms with Gasteiger partial charge in [-0.1, -0.05) is 19.4 Å². The summed E-state index contributed by atoms with van der Waals surface area (Å²) in [6.07, 6.45) is 4.11. The van der Waals surface area contributed by atoms with Crippen molar-refractivity contribution < 1.29 is 4.42 Å². The van der Waals surface area contributed by atoms with Crippen LogP contribution in [0.15, 0.2) is 34.3 Å². The zero-order valence-electron chi connectivity index (χ0n) is 10.4. The Hall–Kier alpha value is -1.06. The van der Waals surface area contributed by atoms with Gasteiger partial charge in [-0.2, -0.15) is 0 Å². The average molecular weight is 249 g/mol. The van der Waals surface area contributed by atoms with Crippen LogP contribution in [0.3, 0.4) is 0 Å². The summed E-state index contributed by atoms with van der Waals surface area (Å²) in [4.78, 5) is 1.41. The van der Waals surface area contributed by atoms with E-state index in [0.29, 0.717) is 6.04 Å². The maximum absolute atomic E-state index is 5.45. The zero-order valence-corrected chi connectivity index (χ0v) is 11.2. The minimum atomic E-state index is 0.449. The average Bonchev–Trinajstić information content (AvgIpc) is 2.96. The van der Waals surface area contributed by atoms with Crippen molar-refractivity contribution in [2.45, 2.75) is 39.3 Å². The summed E-state index contributed by atoms with van der Waals surface area (Å²) in [6, 6.07) is 6.77. The van der Waals surface area contributed by atoms with E-state index >= 15 is 0 Å². The Morgan fingerprint density at radius 3 is 2.88 bits per heavy atom. The largest absolute Gasteiger partial charge is 0.468 e. The molecule has 0 aliphatic carbocycles. The van der Waals surface area contributed by atoms with Crippen LogP contribution in [0.25, 0.3) is 0 Å². The SMILES string of the molecule is CCCC(NCc1occc1C)c1cccs1. The molecule has 0 aliphatic rings. The van der Waals surface area contributed by atoms with Crippen LogP contribution in [0.2, 0.25) is 0 Å². The summed E-state index contributed by atoms with van der Waals surface area (Å²) in [5.41, 5.74) is 1.22. The molecule has 1 atom stereocenters. The molecule has 0 spiro atoms. The van der Waals surface area contributed by atoms with Crippen molar-refractivity contribution in [3.8, 4) is 0 Å². The van der Waals surface area contributed by atoms with Crippen LogP contribution in [0.5, 0.6) is 0 Å². The van der Waals surface area contributed by atoms with E-state index < -0.39 is 0 Å². The molecule has 92 valence electrons. The van der Waals surface area contributed by atoms with Gasteiger partial charge >= 0.3 is 0 Å². The molecule has 0 saturated carbocycles. The van der Waals surface area contributed by atoms with Crippen molar-refractivity contribution in [3.63, 3.8) is 0 Å². The minimum Gasteiger partial charge on any atom is -0.468 e. The number of aryl methyl sites for hydroxylation is 1. The fourth-order valence-electron chi connectivity index (χ4n) is 1.92. The van der Waals surface area contributed by atoms with Crippen LogP contribution in [0, 0.1) is 6.92 Å². The third-order valence-corrected chi connectivity index (χ3v) is 3.93. The van der Waals surface area contributed by atoms with Crippen LogP contribution in [-0.4, -0.2) is 0 Å². The number of nitrogens with one attached hydrogen (secondary N) is 1. The Labute approximate surface area is 107 Å². The monoisotopic (exact) mass is 249 g/mol. The van der Waals surface area contributed by atoms with E-state index in [4.69, 9.17) is 4.42 Å². The van der Waals surface area contributed by atoms with Gasteiger partial charge in [-0.15, -0.1) is 11.3 Å². The van der Waals surface area contributed by atoms with E-state index in [0.717, 1.165) is 12.3 Å². The van der Waals surface area contributed by atoms with Gasteiger partial charge in [-0.3, -0.25) is 0 Å². The third kappa shape index (κ3) is 3.20. The highest BCUT2D eigenvalue weighted by Crippen LogP contribution is 2.24. The van der Waals surface area contributed by atoms with Crippen molar-refractivity contribution in [2.24, 2.45) is 0 Å². The molecule has 0 aliphatic heterocycles. The molecule has 0 fully saturated rings. The fourth-order valence-corrected chi connectivity index (χ4v) is 2.76. The second-order valence-corrected chi connectivity index (χ2v) is 5.24. The molecule has 0 aromatic carbocycles. The number of rotatable bonds is 6. The summed E-state index contributed by atoms with van der Waals surface area (Å²) in [7, 11) is 0. The second-order valence-electron chi connectivity index (χ2n) is 4.26. The number of hydrogen-bond acceptors (Lipinski definition) is 3. The van der Waals surface area contributed by atoms with E-state index in [9.17, 15) is 0 Å². The van der Waals surface area contributed by atoms with Crippen LogP contribution in [0.4, 0.5) is 0 Å². The lowest BCUT2D eigenvalue weighted by Gasteiger charge is -2.16. The van der Waals surface area contributed by atoms with Gasteiger partial charge in [0.1, 0.15) is 5.76 Å². The first kappa shape index (κ1) is 12.4. The summed E-state index contributed by atoms with van der Waals surface area (Å²) < 4.78 is 5.45. The molecule has 1 N–H and O–H groups in total. The van der Waals surface area contributed by atoms with Gasteiger partial charge in [0.15, 0.2) is 0 Å². The van der Waals surface area contributed by atoms with E-state index in [1.165, 1.54) is 23.3 Å². The summed E-state index contributed by atoms with van der Waals surface area (Å²) in [5.74, 6) is 1.04. The highest BCUT2D eigenvalue weighted by Gasteiger charge is 2.12. The Morgan fingerprint density at radius 2 is 2.29 bits per heavy atom. The minimum absolute atomic E-state index is 0.449. The summed E-state index contributed by atoms with van der Waals surface area (Å²) in [6.45, 7) is 5.11. The first-order chi connectivity index (χ1) is 8.31. The van der Waals surface area contributed by atoms with E-state index in [1.807, 2.05) is 17.4 Å². The molecule has 17 heavy (non-hydrogen) atoms. The molecule has 2 aromatic heterocycles. The fraction of sp³-hybridized carbons (Fsp3) is 0.429. The normalized spacial score (nSPS) is 12.8. The topological polar surface area (TPSA) is 25.2 Å². The Kier molecular flexibility index (Phi) is 4.40. The predicted octanol–water partition coefficient (Wildman–Crippen LogP) is 4.28. The van der Waals surface area contributed by atoms with E-state index in [2.05, 4.69) is 36.7 Å². The lowest BCUT2D eigenvalue weighted by Crippen LogP contribution is -2.20.